The summed E-state index contributed by atoms with van der Waals surface area (Å²) in [6.45, 7) is 15.3. The van der Waals surface area contributed by atoms with Crippen LogP contribution in [0.15, 0.2) is 84.9 Å². The van der Waals surface area contributed by atoms with Crippen molar-refractivity contribution in [3.63, 3.8) is 0 Å². The Hall–Kier alpha value is -4.04. The number of hydrogen-bond acceptors (Lipinski definition) is 2. The van der Waals surface area contributed by atoms with Crippen LogP contribution in [0.3, 0.4) is 0 Å². The molecule has 2 aliphatic rings. The smallest absolute Gasteiger partial charge is 0.119 e. The molecule has 2 N–H and O–H groups in total. The molecule has 0 fully saturated rings. The molecule has 2 nitrogen and oxygen atoms in total. The third-order valence-electron chi connectivity index (χ3n) is 9.62. The summed E-state index contributed by atoms with van der Waals surface area (Å²) >= 11 is 0. The maximum atomic E-state index is 11.5. The number of benzene rings is 4. The molecule has 2 heteroatoms. The van der Waals surface area contributed by atoms with Gasteiger partial charge in [-0.25, -0.2) is 0 Å². The average molecular weight is 583 g/mol. The van der Waals surface area contributed by atoms with Gasteiger partial charge in [0.2, 0.25) is 0 Å². The van der Waals surface area contributed by atoms with Gasteiger partial charge in [-0.05, 0) is 85.0 Å². The van der Waals surface area contributed by atoms with Gasteiger partial charge in [-0.1, -0.05) is 140 Å². The van der Waals surface area contributed by atoms with Crippen molar-refractivity contribution in [2.75, 3.05) is 0 Å². The molecule has 2 aliphatic carbocycles. The topological polar surface area (TPSA) is 40.5 Å². The first kappa shape index (κ1) is 30.0. The quantitative estimate of drug-likeness (QED) is 0.237. The minimum Gasteiger partial charge on any atom is -0.508 e. The van der Waals surface area contributed by atoms with Gasteiger partial charge in [0, 0.05) is 17.8 Å². The Morgan fingerprint density at radius 3 is 1.39 bits per heavy atom. The van der Waals surface area contributed by atoms with E-state index in [0.29, 0.717) is 11.5 Å². The molecular weight excluding hydrogens is 536 g/mol. The maximum Gasteiger partial charge on any atom is 0.119 e. The molecule has 0 radical (unpaired) electrons. The summed E-state index contributed by atoms with van der Waals surface area (Å²) < 4.78 is 0. The predicted molar refractivity (Wildman–Crippen MR) is 185 cm³/mol. The van der Waals surface area contributed by atoms with E-state index in [2.05, 4.69) is 133 Å². The fourth-order valence-electron chi connectivity index (χ4n) is 7.39. The van der Waals surface area contributed by atoms with Crippen LogP contribution in [0.5, 0.6) is 11.5 Å². The fraction of sp³-hybridized carbons (Fsp3) is 0.333. The zero-order valence-corrected chi connectivity index (χ0v) is 27.3. The third-order valence-corrected chi connectivity index (χ3v) is 9.62. The molecule has 0 aliphatic heterocycles. The molecule has 2 atom stereocenters. The van der Waals surface area contributed by atoms with Crippen LogP contribution in [-0.4, -0.2) is 10.2 Å². The van der Waals surface area contributed by atoms with Gasteiger partial charge in [0.15, 0.2) is 0 Å². The molecule has 226 valence electrons. The Kier molecular flexibility index (Phi) is 7.60. The van der Waals surface area contributed by atoms with Gasteiger partial charge in [0.1, 0.15) is 11.5 Å². The van der Waals surface area contributed by atoms with Crippen molar-refractivity contribution in [2.45, 2.75) is 89.9 Å². The normalized spacial score (nSPS) is 18.0. The van der Waals surface area contributed by atoms with Gasteiger partial charge in [0.25, 0.3) is 0 Å². The lowest BCUT2D eigenvalue weighted by atomic mass is 9.72. The van der Waals surface area contributed by atoms with Crippen molar-refractivity contribution in [1.29, 1.82) is 0 Å². The van der Waals surface area contributed by atoms with Crippen molar-refractivity contribution in [3.05, 3.63) is 141 Å². The highest BCUT2D eigenvalue weighted by atomic mass is 16.3. The molecule has 6 rings (SSSR count). The third kappa shape index (κ3) is 5.30. The average Bonchev–Trinajstić information content (AvgIpc) is 3.59. The van der Waals surface area contributed by atoms with Crippen LogP contribution < -0.4 is 0 Å². The number of phenolic OH excluding ortho intramolecular Hbond substituents is 2. The Labute approximate surface area is 263 Å². The van der Waals surface area contributed by atoms with Crippen LogP contribution in [0.1, 0.15) is 135 Å². The molecule has 0 bridgehead atoms. The predicted octanol–water partition coefficient (Wildman–Crippen LogP) is 10.9. The second kappa shape index (κ2) is 11.1. The molecule has 0 aromatic heterocycles. The molecule has 0 heterocycles. The molecular formula is C42H46O2. The summed E-state index contributed by atoms with van der Waals surface area (Å²) in [7, 11) is 0. The first-order valence-corrected chi connectivity index (χ1v) is 16.2. The van der Waals surface area contributed by atoms with Crippen molar-refractivity contribution in [1.82, 2.24) is 0 Å². The van der Waals surface area contributed by atoms with Crippen LogP contribution in [-0.2, 0) is 10.8 Å². The minimum absolute atomic E-state index is 0.0650. The summed E-state index contributed by atoms with van der Waals surface area (Å²) in [5.74, 6) is 0.928. The Balaban J connectivity index is 1.64. The Morgan fingerprint density at radius 1 is 0.591 bits per heavy atom. The van der Waals surface area contributed by atoms with Gasteiger partial charge >= 0.3 is 0 Å². The van der Waals surface area contributed by atoms with E-state index in [4.69, 9.17) is 0 Å². The summed E-state index contributed by atoms with van der Waals surface area (Å²) in [6.07, 6.45) is 11.0. The van der Waals surface area contributed by atoms with Crippen LogP contribution in [0.25, 0.3) is 12.2 Å². The zero-order valence-electron chi connectivity index (χ0n) is 27.3. The number of rotatable bonds is 6. The van der Waals surface area contributed by atoms with Crippen LogP contribution >= 0.6 is 0 Å². The standard InChI is InChI=1S/C42H46O2/c1-8-13-30(33-22-37(41(2,3)4)39(43)24-35(33)31-20-18-26-14-9-11-16-28(26)31)34-23-38(42(5,6)7)40(44)25-36(34)32-21-19-27-15-10-12-17-29(27)32/h9-12,14-25,30-32,43-44H,8,13H2,1-7H3. The second-order valence-corrected chi connectivity index (χ2v) is 14.8. The highest BCUT2D eigenvalue weighted by molar-refractivity contribution is 5.69. The van der Waals surface area contributed by atoms with Crippen LogP contribution in [0, 0.1) is 0 Å². The van der Waals surface area contributed by atoms with E-state index in [9.17, 15) is 10.2 Å². The SMILES string of the molecule is CCCC(c1cc(C(C)(C)C)c(O)cc1C1C=Cc2ccccc21)c1cc(C(C)(C)C)c(O)cc1C1C=Cc2ccccc21. The van der Waals surface area contributed by atoms with E-state index in [0.717, 1.165) is 35.1 Å². The van der Waals surface area contributed by atoms with Crippen LogP contribution in [0.4, 0.5) is 0 Å². The van der Waals surface area contributed by atoms with Crippen molar-refractivity contribution in [2.24, 2.45) is 0 Å². The second-order valence-electron chi connectivity index (χ2n) is 14.8. The molecule has 0 saturated heterocycles. The van der Waals surface area contributed by atoms with E-state index in [1.54, 1.807) is 0 Å². The summed E-state index contributed by atoms with van der Waals surface area (Å²) in [5.41, 5.74) is 11.4. The number of hydrogen-bond donors (Lipinski definition) is 2. The van der Waals surface area contributed by atoms with E-state index < -0.39 is 0 Å². The maximum absolute atomic E-state index is 11.5. The van der Waals surface area contributed by atoms with Gasteiger partial charge in [-0.2, -0.15) is 0 Å². The summed E-state index contributed by atoms with van der Waals surface area (Å²) in [6, 6.07) is 25.9. The molecule has 0 saturated carbocycles. The zero-order chi connectivity index (χ0) is 31.4. The van der Waals surface area contributed by atoms with E-state index in [-0.39, 0.29) is 28.6 Å². The van der Waals surface area contributed by atoms with Crippen molar-refractivity contribution in [3.8, 4) is 11.5 Å². The van der Waals surface area contributed by atoms with Gasteiger partial charge in [-0.15, -0.1) is 0 Å². The van der Waals surface area contributed by atoms with E-state index in [1.807, 2.05) is 12.1 Å². The minimum atomic E-state index is -0.223. The molecule has 44 heavy (non-hydrogen) atoms. The van der Waals surface area contributed by atoms with Gasteiger partial charge in [-0.3, -0.25) is 0 Å². The lowest BCUT2D eigenvalue weighted by Gasteiger charge is -2.32. The number of allylic oxidation sites excluding steroid dienone is 2. The molecule has 4 aromatic carbocycles. The van der Waals surface area contributed by atoms with Gasteiger partial charge < -0.3 is 10.2 Å². The van der Waals surface area contributed by atoms with Crippen LogP contribution in [0.2, 0.25) is 0 Å². The highest BCUT2D eigenvalue weighted by Crippen LogP contribution is 2.49. The largest absolute Gasteiger partial charge is 0.508 e. The molecule has 0 amide bonds. The van der Waals surface area contributed by atoms with E-state index in [1.165, 1.54) is 33.4 Å². The molecule has 0 spiro atoms. The lowest BCUT2D eigenvalue weighted by molar-refractivity contribution is 0.444. The number of fused-ring (bicyclic) bond motifs is 2. The number of aromatic hydroxyl groups is 2. The fourth-order valence-corrected chi connectivity index (χ4v) is 7.39. The first-order chi connectivity index (χ1) is 20.9. The Bertz CT molecular complexity index is 1640. The lowest BCUT2D eigenvalue weighted by Crippen LogP contribution is -2.18. The first-order valence-electron chi connectivity index (χ1n) is 16.2. The highest BCUT2D eigenvalue weighted by Gasteiger charge is 2.33. The summed E-state index contributed by atoms with van der Waals surface area (Å²) in [5, 5.41) is 23.0. The number of phenols is 2. The molecule has 4 aromatic rings. The Morgan fingerprint density at radius 2 is 1.00 bits per heavy atom. The molecule has 2 unspecified atom stereocenters. The van der Waals surface area contributed by atoms with Gasteiger partial charge in [0.05, 0.1) is 0 Å². The van der Waals surface area contributed by atoms with Crippen molar-refractivity contribution < 1.29 is 10.2 Å². The van der Waals surface area contributed by atoms with Crippen molar-refractivity contribution >= 4 is 12.2 Å². The van der Waals surface area contributed by atoms with E-state index >= 15 is 0 Å². The monoisotopic (exact) mass is 582 g/mol. The summed E-state index contributed by atoms with van der Waals surface area (Å²) in [4.78, 5) is 0.